The standard InChI is InChI=1S/C15H21FN2O3S/c1-10-4-3-5-11(2)18(9-10)15(19)12-6-7-14(13(16)8-12)22(17,20)21/h6-8,10-11H,3-5,9H2,1-2H3,(H2,17,20,21)/t10-,11+/m1/s1. The van der Waals surface area contributed by atoms with Crippen molar-refractivity contribution in [3.8, 4) is 0 Å². The van der Waals surface area contributed by atoms with Crippen molar-refractivity contribution < 1.29 is 17.6 Å². The summed E-state index contributed by atoms with van der Waals surface area (Å²) in [4.78, 5) is 13.7. The lowest BCUT2D eigenvalue weighted by atomic mass is 10.1. The molecular weight excluding hydrogens is 307 g/mol. The van der Waals surface area contributed by atoms with E-state index >= 15 is 0 Å². The van der Waals surface area contributed by atoms with E-state index in [4.69, 9.17) is 5.14 Å². The van der Waals surface area contributed by atoms with Gasteiger partial charge in [-0.05, 0) is 43.9 Å². The molecule has 1 heterocycles. The molecule has 0 unspecified atom stereocenters. The summed E-state index contributed by atoms with van der Waals surface area (Å²) in [7, 11) is -4.13. The van der Waals surface area contributed by atoms with Crippen LogP contribution in [0.1, 0.15) is 43.5 Å². The molecule has 1 saturated heterocycles. The van der Waals surface area contributed by atoms with Crippen LogP contribution in [-0.2, 0) is 10.0 Å². The third kappa shape index (κ3) is 3.64. The quantitative estimate of drug-likeness (QED) is 0.903. The highest BCUT2D eigenvalue weighted by atomic mass is 32.2. The van der Waals surface area contributed by atoms with Gasteiger partial charge in [0.05, 0.1) is 0 Å². The molecule has 5 nitrogen and oxygen atoms in total. The first-order valence-electron chi connectivity index (χ1n) is 7.33. The zero-order valence-electron chi connectivity index (χ0n) is 12.8. The van der Waals surface area contributed by atoms with E-state index < -0.39 is 20.7 Å². The summed E-state index contributed by atoms with van der Waals surface area (Å²) in [5.41, 5.74) is 0.144. The number of carbonyl (C=O) groups excluding carboxylic acids is 1. The van der Waals surface area contributed by atoms with E-state index in [2.05, 4.69) is 6.92 Å². The Labute approximate surface area is 130 Å². The van der Waals surface area contributed by atoms with Crippen LogP contribution in [0.2, 0.25) is 0 Å². The number of amides is 1. The molecule has 0 radical (unpaired) electrons. The Bertz CT molecular complexity index is 675. The molecule has 1 fully saturated rings. The molecule has 1 aromatic carbocycles. The van der Waals surface area contributed by atoms with Crippen LogP contribution >= 0.6 is 0 Å². The second-order valence-electron chi connectivity index (χ2n) is 6.03. The molecule has 2 N–H and O–H groups in total. The number of sulfonamides is 1. The molecule has 1 aliphatic heterocycles. The largest absolute Gasteiger partial charge is 0.336 e. The maximum absolute atomic E-state index is 13.9. The molecule has 1 aromatic rings. The van der Waals surface area contributed by atoms with Gasteiger partial charge in [0.2, 0.25) is 10.0 Å². The number of hydrogen-bond donors (Lipinski definition) is 1. The van der Waals surface area contributed by atoms with Gasteiger partial charge in [0.15, 0.2) is 0 Å². The van der Waals surface area contributed by atoms with Crippen molar-refractivity contribution in [2.75, 3.05) is 6.54 Å². The Morgan fingerprint density at radius 1 is 1.32 bits per heavy atom. The van der Waals surface area contributed by atoms with Gasteiger partial charge in [0.1, 0.15) is 10.7 Å². The van der Waals surface area contributed by atoms with Gasteiger partial charge in [0, 0.05) is 18.2 Å². The van der Waals surface area contributed by atoms with Gasteiger partial charge in [-0.2, -0.15) is 0 Å². The monoisotopic (exact) mass is 328 g/mol. The van der Waals surface area contributed by atoms with Crippen LogP contribution in [0.5, 0.6) is 0 Å². The van der Waals surface area contributed by atoms with E-state index in [9.17, 15) is 17.6 Å². The van der Waals surface area contributed by atoms with Crippen LogP contribution in [0, 0.1) is 11.7 Å². The lowest BCUT2D eigenvalue weighted by Crippen LogP contribution is -2.39. The molecule has 1 aliphatic rings. The molecule has 7 heteroatoms. The van der Waals surface area contributed by atoms with Gasteiger partial charge >= 0.3 is 0 Å². The molecular formula is C15H21FN2O3S. The maximum atomic E-state index is 13.9. The molecule has 0 bridgehead atoms. The topological polar surface area (TPSA) is 80.5 Å². The van der Waals surface area contributed by atoms with Gasteiger partial charge < -0.3 is 4.90 Å². The van der Waals surface area contributed by atoms with Crippen LogP contribution in [0.4, 0.5) is 4.39 Å². The number of rotatable bonds is 2. The normalized spacial score (nSPS) is 23.2. The number of nitrogens with zero attached hydrogens (tertiary/aromatic N) is 1. The van der Waals surface area contributed by atoms with Crippen molar-refractivity contribution in [1.82, 2.24) is 4.90 Å². The Hall–Kier alpha value is -1.47. The van der Waals surface area contributed by atoms with Crippen molar-refractivity contribution >= 4 is 15.9 Å². The van der Waals surface area contributed by atoms with Crippen LogP contribution in [0.3, 0.4) is 0 Å². The molecule has 2 rings (SSSR count). The van der Waals surface area contributed by atoms with Crippen LogP contribution < -0.4 is 5.14 Å². The third-order valence-electron chi connectivity index (χ3n) is 4.11. The van der Waals surface area contributed by atoms with Gasteiger partial charge in [-0.25, -0.2) is 17.9 Å². The first-order chi connectivity index (χ1) is 10.2. The fourth-order valence-electron chi connectivity index (χ4n) is 2.84. The Balaban J connectivity index is 2.31. The van der Waals surface area contributed by atoms with E-state index in [1.54, 1.807) is 4.90 Å². The first-order valence-corrected chi connectivity index (χ1v) is 8.88. The van der Waals surface area contributed by atoms with E-state index in [1.165, 1.54) is 6.07 Å². The summed E-state index contributed by atoms with van der Waals surface area (Å²) < 4.78 is 36.3. The predicted octanol–water partition coefficient (Wildman–Crippen LogP) is 2.12. The fourth-order valence-corrected chi connectivity index (χ4v) is 3.43. The minimum atomic E-state index is -4.13. The average Bonchev–Trinajstić information content (AvgIpc) is 2.58. The molecule has 0 aliphatic carbocycles. The number of carbonyl (C=O) groups is 1. The van der Waals surface area contributed by atoms with Crippen molar-refractivity contribution in [3.05, 3.63) is 29.6 Å². The summed E-state index contributed by atoms with van der Waals surface area (Å²) in [6.07, 6.45) is 3.03. The van der Waals surface area contributed by atoms with Crippen LogP contribution in [0.15, 0.2) is 23.1 Å². The number of halogens is 1. The molecule has 0 spiro atoms. The summed E-state index contributed by atoms with van der Waals surface area (Å²) in [5, 5.41) is 4.92. The molecule has 1 amide bonds. The minimum Gasteiger partial charge on any atom is -0.336 e. The Morgan fingerprint density at radius 2 is 2.00 bits per heavy atom. The number of hydrogen-bond acceptors (Lipinski definition) is 3. The number of likely N-dealkylation sites (tertiary alicyclic amines) is 1. The molecule has 122 valence electrons. The van der Waals surface area contributed by atoms with Gasteiger partial charge in [-0.1, -0.05) is 13.3 Å². The average molecular weight is 328 g/mol. The van der Waals surface area contributed by atoms with Crippen molar-refractivity contribution in [2.24, 2.45) is 11.1 Å². The van der Waals surface area contributed by atoms with Crippen molar-refractivity contribution in [1.29, 1.82) is 0 Å². The van der Waals surface area contributed by atoms with Gasteiger partial charge in [-0.15, -0.1) is 0 Å². The zero-order chi connectivity index (χ0) is 16.5. The number of benzene rings is 1. The predicted molar refractivity (Wildman–Crippen MR) is 81.3 cm³/mol. The lowest BCUT2D eigenvalue weighted by Gasteiger charge is -2.29. The van der Waals surface area contributed by atoms with E-state index in [0.29, 0.717) is 12.5 Å². The summed E-state index contributed by atoms with van der Waals surface area (Å²) >= 11 is 0. The van der Waals surface area contributed by atoms with Gasteiger partial charge in [-0.3, -0.25) is 4.79 Å². The van der Waals surface area contributed by atoms with E-state index in [-0.39, 0.29) is 17.5 Å². The van der Waals surface area contributed by atoms with Crippen molar-refractivity contribution in [3.63, 3.8) is 0 Å². The molecule has 2 atom stereocenters. The maximum Gasteiger partial charge on any atom is 0.254 e. The van der Waals surface area contributed by atoms with Crippen LogP contribution in [-0.4, -0.2) is 31.8 Å². The SMILES string of the molecule is C[C@@H]1CCC[C@H](C)N(C(=O)c2ccc(S(N)(=O)=O)c(F)c2)C1. The number of primary sulfonamides is 1. The van der Waals surface area contributed by atoms with E-state index in [1.807, 2.05) is 6.92 Å². The first kappa shape index (κ1) is 16.9. The van der Waals surface area contributed by atoms with Crippen molar-refractivity contribution in [2.45, 2.75) is 44.0 Å². The highest BCUT2D eigenvalue weighted by Gasteiger charge is 2.27. The minimum absolute atomic E-state index is 0.0819. The Morgan fingerprint density at radius 3 is 2.59 bits per heavy atom. The highest BCUT2D eigenvalue weighted by molar-refractivity contribution is 7.89. The summed E-state index contributed by atoms with van der Waals surface area (Å²) in [6.45, 7) is 4.69. The molecule has 0 aromatic heterocycles. The molecule has 22 heavy (non-hydrogen) atoms. The summed E-state index contributed by atoms with van der Waals surface area (Å²) in [5.74, 6) is -0.882. The van der Waals surface area contributed by atoms with Crippen LogP contribution in [0.25, 0.3) is 0 Å². The smallest absolute Gasteiger partial charge is 0.254 e. The molecule has 0 saturated carbocycles. The lowest BCUT2D eigenvalue weighted by molar-refractivity contribution is 0.0677. The number of nitrogens with two attached hydrogens (primary N) is 1. The summed E-state index contributed by atoms with van der Waals surface area (Å²) in [6, 6.07) is 3.39. The third-order valence-corrected chi connectivity index (χ3v) is 5.05. The van der Waals surface area contributed by atoms with Gasteiger partial charge in [0.25, 0.3) is 5.91 Å². The highest BCUT2D eigenvalue weighted by Crippen LogP contribution is 2.23. The fraction of sp³-hybridized carbons (Fsp3) is 0.533. The van der Waals surface area contributed by atoms with E-state index in [0.717, 1.165) is 31.4 Å². The zero-order valence-corrected chi connectivity index (χ0v) is 13.6. The Kier molecular flexibility index (Phi) is 4.87. The second-order valence-corrected chi connectivity index (χ2v) is 7.56. The second kappa shape index (κ2) is 6.34.